The Kier molecular flexibility index (Phi) is 5.81. The van der Waals surface area contributed by atoms with Gasteiger partial charge in [0.05, 0.1) is 6.61 Å². The summed E-state index contributed by atoms with van der Waals surface area (Å²) in [4.78, 5) is 5.12. The van der Waals surface area contributed by atoms with E-state index in [0.29, 0.717) is 11.8 Å². The largest absolute Gasteiger partial charge is 0.494 e. The molecule has 5 rings (SSSR count). The van der Waals surface area contributed by atoms with E-state index in [2.05, 4.69) is 65.4 Å². The van der Waals surface area contributed by atoms with E-state index in [1.54, 1.807) is 0 Å². The predicted molar refractivity (Wildman–Crippen MR) is 126 cm³/mol. The molecule has 0 amide bonds. The van der Waals surface area contributed by atoms with E-state index in [1.165, 1.54) is 22.4 Å². The van der Waals surface area contributed by atoms with Crippen LogP contribution in [0, 0.1) is 19.8 Å². The summed E-state index contributed by atoms with van der Waals surface area (Å²) >= 11 is 0. The van der Waals surface area contributed by atoms with Gasteiger partial charge in [-0.3, -0.25) is 4.90 Å². The minimum absolute atomic E-state index is 0.400. The van der Waals surface area contributed by atoms with Crippen molar-refractivity contribution >= 4 is 11.4 Å². The maximum Gasteiger partial charge on any atom is 0.127 e. The lowest BCUT2D eigenvalue weighted by Crippen LogP contribution is -2.46. The lowest BCUT2D eigenvalue weighted by Gasteiger charge is -2.37. The average Bonchev–Trinajstić information content (AvgIpc) is 3.58. The van der Waals surface area contributed by atoms with Crippen molar-refractivity contribution in [1.82, 2.24) is 4.90 Å². The summed E-state index contributed by atoms with van der Waals surface area (Å²) in [5, 5.41) is 13.3. The van der Waals surface area contributed by atoms with E-state index >= 15 is 0 Å². The van der Waals surface area contributed by atoms with E-state index in [4.69, 9.17) is 4.74 Å². The molecule has 2 fully saturated rings. The number of piperazine rings is 1. The topological polar surface area (TPSA) is 48.0 Å². The second-order valence-electron chi connectivity index (χ2n) is 9.45. The highest BCUT2D eigenvalue weighted by atomic mass is 16.5. The van der Waals surface area contributed by atoms with Crippen molar-refractivity contribution < 1.29 is 9.84 Å². The van der Waals surface area contributed by atoms with Crippen molar-refractivity contribution in [2.45, 2.75) is 45.3 Å². The fraction of sp³-hybridized carbons (Fsp3) is 0.538. The fourth-order valence-corrected chi connectivity index (χ4v) is 5.18. The zero-order valence-corrected chi connectivity index (χ0v) is 18.8. The second kappa shape index (κ2) is 8.71. The molecule has 166 valence electrons. The molecule has 5 nitrogen and oxygen atoms in total. The molecular formula is C26H35N3O2. The van der Waals surface area contributed by atoms with Crippen molar-refractivity contribution in [3.8, 4) is 5.75 Å². The SMILES string of the molecule is Cc1cccc(N2CCN(CCCCOc3ccc4c(c3)NC(O)C3CC43)CC2)c1C. The van der Waals surface area contributed by atoms with E-state index < -0.39 is 6.23 Å². The highest BCUT2D eigenvalue weighted by molar-refractivity contribution is 5.61. The van der Waals surface area contributed by atoms with Crippen LogP contribution < -0.4 is 15.0 Å². The second-order valence-corrected chi connectivity index (χ2v) is 9.45. The number of anilines is 2. The summed E-state index contributed by atoms with van der Waals surface area (Å²) in [7, 11) is 0. The van der Waals surface area contributed by atoms with Crippen LogP contribution in [-0.4, -0.2) is 55.6 Å². The third-order valence-electron chi connectivity index (χ3n) is 7.40. The minimum atomic E-state index is -0.400. The maximum atomic E-state index is 10.1. The summed E-state index contributed by atoms with van der Waals surface area (Å²) in [6.45, 7) is 10.8. The third kappa shape index (κ3) is 4.39. The first-order valence-electron chi connectivity index (χ1n) is 11.8. The Hall–Kier alpha value is -2.24. The number of unbranched alkanes of at least 4 members (excludes halogenated alkanes) is 1. The van der Waals surface area contributed by atoms with Gasteiger partial charge in [-0.15, -0.1) is 0 Å². The Bertz CT molecular complexity index is 923. The van der Waals surface area contributed by atoms with Gasteiger partial charge in [0.15, 0.2) is 0 Å². The van der Waals surface area contributed by atoms with E-state index in [9.17, 15) is 5.11 Å². The molecule has 5 heteroatoms. The van der Waals surface area contributed by atoms with Crippen molar-refractivity contribution in [2.24, 2.45) is 5.92 Å². The monoisotopic (exact) mass is 421 g/mol. The highest BCUT2D eigenvalue weighted by Gasteiger charge is 2.47. The molecule has 3 atom stereocenters. The van der Waals surface area contributed by atoms with Crippen LogP contribution in [0.15, 0.2) is 36.4 Å². The Labute approximate surface area is 186 Å². The molecule has 3 aliphatic rings. The molecule has 2 heterocycles. The van der Waals surface area contributed by atoms with Gasteiger partial charge in [-0.1, -0.05) is 18.2 Å². The standard InChI is InChI=1S/C26H35N3O2/c1-18-6-5-7-25(19(18)2)29-13-11-28(12-14-29)10-3-4-15-31-20-8-9-21-22-17-23(22)26(30)27-24(21)16-20/h5-9,16,22-23,26-27,30H,3-4,10-15,17H2,1-2H3. The molecule has 0 aromatic heterocycles. The Balaban J connectivity index is 1.02. The van der Waals surface area contributed by atoms with Crippen LogP contribution in [0.3, 0.4) is 0 Å². The number of rotatable bonds is 7. The molecule has 2 aromatic carbocycles. The first kappa shape index (κ1) is 20.7. The van der Waals surface area contributed by atoms with Gasteiger partial charge >= 0.3 is 0 Å². The number of aliphatic hydroxyl groups excluding tert-OH is 1. The van der Waals surface area contributed by atoms with Crippen LogP contribution in [0.2, 0.25) is 0 Å². The van der Waals surface area contributed by atoms with Crippen LogP contribution in [0.5, 0.6) is 5.75 Å². The van der Waals surface area contributed by atoms with E-state index in [1.807, 2.05) is 0 Å². The molecule has 0 radical (unpaired) electrons. The Morgan fingerprint density at radius 2 is 1.90 bits per heavy atom. The summed E-state index contributed by atoms with van der Waals surface area (Å²) < 4.78 is 6.00. The number of nitrogens with one attached hydrogen (secondary N) is 1. The first-order chi connectivity index (χ1) is 15.1. The van der Waals surface area contributed by atoms with Gasteiger partial charge in [0.25, 0.3) is 0 Å². The number of hydrogen-bond acceptors (Lipinski definition) is 5. The van der Waals surface area contributed by atoms with E-state index in [0.717, 1.165) is 70.0 Å². The third-order valence-corrected chi connectivity index (χ3v) is 7.40. The summed E-state index contributed by atoms with van der Waals surface area (Å²) in [6, 6.07) is 12.9. The molecule has 0 bridgehead atoms. The zero-order chi connectivity index (χ0) is 21.4. The van der Waals surface area contributed by atoms with E-state index in [-0.39, 0.29) is 0 Å². The lowest BCUT2D eigenvalue weighted by atomic mass is 10.0. The minimum Gasteiger partial charge on any atom is -0.494 e. The number of aliphatic hydroxyl groups is 1. The van der Waals surface area contributed by atoms with Crippen molar-refractivity contribution in [3.05, 3.63) is 53.1 Å². The van der Waals surface area contributed by atoms with Gasteiger partial charge in [0, 0.05) is 49.5 Å². The number of fused-ring (bicyclic) bond motifs is 3. The number of nitrogens with zero attached hydrogens (tertiary/aromatic N) is 2. The Morgan fingerprint density at radius 1 is 1.06 bits per heavy atom. The average molecular weight is 422 g/mol. The Morgan fingerprint density at radius 3 is 2.74 bits per heavy atom. The summed E-state index contributed by atoms with van der Waals surface area (Å²) in [6.07, 6.45) is 2.92. The van der Waals surface area contributed by atoms with Gasteiger partial charge in [-0.25, -0.2) is 0 Å². The number of aryl methyl sites for hydroxylation is 1. The smallest absolute Gasteiger partial charge is 0.127 e. The van der Waals surface area contributed by atoms with Crippen molar-refractivity contribution in [2.75, 3.05) is 49.5 Å². The molecule has 3 unspecified atom stereocenters. The first-order valence-corrected chi connectivity index (χ1v) is 11.8. The van der Waals surface area contributed by atoms with Gasteiger partial charge in [-0.2, -0.15) is 0 Å². The molecular weight excluding hydrogens is 386 g/mol. The van der Waals surface area contributed by atoms with Gasteiger partial charge in [0.1, 0.15) is 12.0 Å². The molecule has 0 spiro atoms. The molecule has 31 heavy (non-hydrogen) atoms. The van der Waals surface area contributed by atoms with Crippen LogP contribution in [0.4, 0.5) is 11.4 Å². The molecule has 1 saturated heterocycles. The van der Waals surface area contributed by atoms with Crippen LogP contribution in [0.1, 0.15) is 41.9 Å². The molecule has 1 saturated carbocycles. The molecule has 2 aliphatic heterocycles. The normalized spacial score (nSPS) is 24.9. The maximum absolute atomic E-state index is 10.1. The predicted octanol–water partition coefficient (Wildman–Crippen LogP) is 4.13. The number of ether oxygens (including phenoxy) is 1. The number of hydrogen-bond donors (Lipinski definition) is 2. The molecule has 2 aromatic rings. The van der Waals surface area contributed by atoms with Crippen LogP contribution in [-0.2, 0) is 0 Å². The fourth-order valence-electron chi connectivity index (χ4n) is 5.18. The lowest BCUT2D eigenvalue weighted by molar-refractivity contribution is 0.174. The van der Waals surface area contributed by atoms with Crippen molar-refractivity contribution in [1.29, 1.82) is 0 Å². The molecule has 1 aliphatic carbocycles. The van der Waals surface area contributed by atoms with Gasteiger partial charge in [0.2, 0.25) is 0 Å². The van der Waals surface area contributed by atoms with Gasteiger partial charge < -0.3 is 20.1 Å². The van der Waals surface area contributed by atoms with Crippen LogP contribution >= 0.6 is 0 Å². The number of benzene rings is 2. The zero-order valence-electron chi connectivity index (χ0n) is 18.8. The van der Waals surface area contributed by atoms with Crippen molar-refractivity contribution in [3.63, 3.8) is 0 Å². The quantitative estimate of drug-likeness (QED) is 0.658. The van der Waals surface area contributed by atoms with Gasteiger partial charge in [-0.05, 0) is 74.4 Å². The molecule has 2 N–H and O–H groups in total. The highest BCUT2D eigenvalue weighted by Crippen LogP contribution is 2.55. The summed E-state index contributed by atoms with van der Waals surface area (Å²) in [5.74, 6) is 1.84. The van der Waals surface area contributed by atoms with Crippen LogP contribution in [0.25, 0.3) is 0 Å². The summed E-state index contributed by atoms with van der Waals surface area (Å²) in [5.41, 5.74) is 6.57.